The van der Waals surface area contributed by atoms with Crippen molar-refractivity contribution in [1.29, 1.82) is 0 Å². The molecule has 0 saturated carbocycles. The van der Waals surface area contributed by atoms with Gasteiger partial charge in [-0.25, -0.2) is 9.97 Å². The van der Waals surface area contributed by atoms with Gasteiger partial charge in [-0.2, -0.15) is 0 Å². The van der Waals surface area contributed by atoms with Crippen LogP contribution in [-0.4, -0.2) is 41.5 Å². The summed E-state index contributed by atoms with van der Waals surface area (Å²) in [6.07, 6.45) is 5.17. The lowest BCUT2D eigenvalue weighted by Crippen LogP contribution is -2.25. The lowest BCUT2D eigenvalue weighted by Gasteiger charge is -2.24. The zero-order valence-electron chi connectivity index (χ0n) is 16.7. The number of imidazole rings is 2. The summed E-state index contributed by atoms with van der Waals surface area (Å²) in [6.45, 7) is 2.45. The van der Waals surface area contributed by atoms with E-state index in [0.717, 1.165) is 39.4 Å². The minimum atomic E-state index is 0.0722. The summed E-state index contributed by atoms with van der Waals surface area (Å²) >= 11 is 0. The lowest BCUT2D eigenvalue weighted by molar-refractivity contribution is -0.118. The zero-order chi connectivity index (χ0) is 21.1. The number of anilines is 2. The molecule has 0 atom stereocenters. The number of hydrogen-bond acceptors (Lipinski definition) is 6. The minimum absolute atomic E-state index is 0.0722. The quantitative estimate of drug-likeness (QED) is 0.479. The highest BCUT2D eigenvalue weighted by atomic mass is 16.3. The normalized spacial score (nSPS) is 13.8. The van der Waals surface area contributed by atoms with E-state index in [1.54, 1.807) is 30.9 Å². The molecule has 0 aliphatic carbocycles. The SMILES string of the molecule is Cc1nc2cnccc2n1-c1ccc(N2CC(=O)Cn3cnc4cc(O)cc2c43)cc1. The topological polar surface area (TPSA) is 89.1 Å². The van der Waals surface area contributed by atoms with Crippen molar-refractivity contribution in [3.05, 3.63) is 67.0 Å². The van der Waals surface area contributed by atoms with E-state index in [-0.39, 0.29) is 24.6 Å². The molecule has 3 aromatic heterocycles. The first-order chi connectivity index (χ1) is 15.1. The van der Waals surface area contributed by atoms with Gasteiger partial charge < -0.3 is 14.6 Å². The fraction of sp³-hybridized carbons (Fsp3) is 0.130. The number of carbonyl (C=O) groups is 1. The molecule has 1 aliphatic rings. The summed E-state index contributed by atoms with van der Waals surface area (Å²) in [5.74, 6) is 1.07. The molecular formula is C23H18N6O2. The van der Waals surface area contributed by atoms with Crippen LogP contribution >= 0.6 is 0 Å². The van der Waals surface area contributed by atoms with Crippen molar-refractivity contribution in [3.63, 3.8) is 0 Å². The van der Waals surface area contributed by atoms with E-state index in [0.29, 0.717) is 5.52 Å². The van der Waals surface area contributed by atoms with Crippen molar-refractivity contribution in [2.45, 2.75) is 13.5 Å². The maximum atomic E-state index is 12.6. The van der Waals surface area contributed by atoms with E-state index in [1.165, 1.54) is 0 Å². The molecule has 0 saturated heterocycles. The van der Waals surface area contributed by atoms with Crippen LogP contribution in [0.5, 0.6) is 5.75 Å². The fourth-order valence-electron chi connectivity index (χ4n) is 4.39. The Kier molecular flexibility index (Phi) is 3.64. The Morgan fingerprint density at radius 1 is 1.00 bits per heavy atom. The molecule has 6 rings (SSSR count). The number of Topliss-reactive ketones (excluding diaryl/α,β-unsaturated/α-hetero) is 1. The molecule has 8 nitrogen and oxygen atoms in total. The Hall–Kier alpha value is -4.20. The number of hydrogen-bond donors (Lipinski definition) is 1. The standard InChI is InChI=1S/C23H18N6O2/c1-14-26-20-10-24-7-6-21(20)29(14)16-4-2-15(3-5-16)28-12-18(31)11-27-13-25-19-8-17(30)9-22(28)23(19)27/h2-10,13,30H,11-12H2,1H3. The summed E-state index contributed by atoms with van der Waals surface area (Å²) in [4.78, 5) is 27.7. The van der Waals surface area contributed by atoms with Crippen LogP contribution in [0, 0.1) is 6.92 Å². The minimum Gasteiger partial charge on any atom is -0.508 e. The molecule has 0 unspecified atom stereocenters. The third-order valence-electron chi connectivity index (χ3n) is 5.69. The number of aryl methyl sites for hydroxylation is 1. The number of fused-ring (bicyclic) bond motifs is 1. The number of pyridine rings is 1. The summed E-state index contributed by atoms with van der Waals surface area (Å²) in [6, 6.07) is 13.2. The fourth-order valence-corrected chi connectivity index (χ4v) is 4.39. The van der Waals surface area contributed by atoms with Crippen LogP contribution < -0.4 is 4.90 Å². The van der Waals surface area contributed by atoms with Crippen LogP contribution in [0.3, 0.4) is 0 Å². The maximum Gasteiger partial charge on any atom is 0.172 e. The van der Waals surface area contributed by atoms with Crippen molar-refractivity contribution in [2.24, 2.45) is 0 Å². The Morgan fingerprint density at radius 3 is 2.65 bits per heavy atom. The predicted molar refractivity (Wildman–Crippen MR) is 117 cm³/mol. The number of benzene rings is 2. The van der Waals surface area contributed by atoms with Crippen molar-refractivity contribution >= 4 is 39.2 Å². The molecule has 2 aromatic carbocycles. The van der Waals surface area contributed by atoms with Crippen LogP contribution in [0.15, 0.2) is 61.2 Å². The highest BCUT2D eigenvalue weighted by Gasteiger charge is 2.24. The van der Waals surface area contributed by atoms with Crippen LogP contribution in [0.25, 0.3) is 27.8 Å². The molecule has 4 heterocycles. The number of phenolic OH excluding ortho intramolecular Hbond substituents is 1. The van der Waals surface area contributed by atoms with E-state index >= 15 is 0 Å². The van der Waals surface area contributed by atoms with Gasteiger partial charge in [0.15, 0.2) is 5.78 Å². The molecule has 1 N–H and O–H groups in total. The first kappa shape index (κ1) is 17.6. The number of carbonyl (C=O) groups excluding carboxylic acids is 1. The van der Waals surface area contributed by atoms with Crippen LogP contribution in [0.1, 0.15) is 5.82 Å². The zero-order valence-corrected chi connectivity index (χ0v) is 16.7. The summed E-state index contributed by atoms with van der Waals surface area (Å²) in [5, 5.41) is 10.2. The first-order valence-corrected chi connectivity index (χ1v) is 9.95. The number of nitrogens with zero attached hydrogens (tertiary/aromatic N) is 6. The molecule has 1 aliphatic heterocycles. The summed E-state index contributed by atoms with van der Waals surface area (Å²) < 4.78 is 3.92. The maximum absolute atomic E-state index is 12.6. The third kappa shape index (κ3) is 2.68. The highest BCUT2D eigenvalue weighted by molar-refractivity contribution is 5.99. The van der Waals surface area contributed by atoms with E-state index in [4.69, 9.17) is 0 Å². The molecule has 31 heavy (non-hydrogen) atoms. The predicted octanol–water partition coefficient (Wildman–Crippen LogP) is 3.51. The van der Waals surface area contributed by atoms with Gasteiger partial charge in [0.25, 0.3) is 0 Å². The second kappa shape index (κ2) is 6.40. The molecule has 0 amide bonds. The molecule has 0 bridgehead atoms. The van der Waals surface area contributed by atoms with Crippen molar-refractivity contribution < 1.29 is 9.90 Å². The van der Waals surface area contributed by atoms with Gasteiger partial charge in [-0.05, 0) is 37.3 Å². The van der Waals surface area contributed by atoms with Crippen LogP contribution in [0.4, 0.5) is 11.4 Å². The molecule has 152 valence electrons. The van der Waals surface area contributed by atoms with Gasteiger partial charge in [-0.1, -0.05) is 0 Å². The third-order valence-corrected chi connectivity index (χ3v) is 5.69. The number of rotatable bonds is 2. The van der Waals surface area contributed by atoms with Gasteiger partial charge >= 0.3 is 0 Å². The van der Waals surface area contributed by atoms with E-state index in [1.807, 2.05) is 46.7 Å². The average molecular weight is 410 g/mol. The van der Waals surface area contributed by atoms with Gasteiger partial charge in [-0.3, -0.25) is 14.3 Å². The average Bonchev–Trinajstić information content (AvgIpc) is 3.27. The number of aromatic nitrogens is 5. The van der Waals surface area contributed by atoms with Crippen LogP contribution in [0.2, 0.25) is 0 Å². The Morgan fingerprint density at radius 2 is 1.81 bits per heavy atom. The second-order valence-electron chi connectivity index (χ2n) is 7.71. The van der Waals surface area contributed by atoms with Gasteiger partial charge in [0.05, 0.1) is 47.9 Å². The molecule has 0 radical (unpaired) electrons. The molecule has 0 spiro atoms. The monoisotopic (exact) mass is 410 g/mol. The van der Waals surface area contributed by atoms with E-state index in [2.05, 4.69) is 19.5 Å². The Bertz CT molecular complexity index is 1480. The van der Waals surface area contributed by atoms with Gasteiger partial charge in [-0.15, -0.1) is 0 Å². The molecule has 8 heteroatoms. The number of phenols is 1. The van der Waals surface area contributed by atoms with Gasteiger partial charge in [0.1, 0.15) is 17.1 Å². The largest absolute Gasteiger partial charge is 0.508 e. The molecule has 0 fully saturated rings. The van der Waals surface area contributed by atoms with Crippen molar-refractivity contribution in [3.8, 4) is 11.4 Å². The Balaban J connectivity index is 1.48. The highest BCUT2D eigenvalue weighted by Crippen LogP contribution is 2.37. The van der Waals surface area contributed by atoms with Gasteiger partial charge in [0, 0.05) is 29.7 Å². The van der Waals surface area contributed by atoms with Crippen molar-refractivity contribution in [2.75, 3.05) is 11.4 Å². The van der Waals surface area contributed by atoms with Gasteiger partial charge in [0.2, 0.25) is 0 Å². The molecular weight excluding hydrogens is 392 g/mol. The van der Waals surface area contributed by atoms with Crippen molar-refractivity contribution in [1.82, 2.24) is 24.1 Å². The number of aromatic hydroxyl groups is 1. The van der Waals surface area contributed by atoms with Crippen LogP contribution in [-0.2, 0) is 11.3 Å². The summed E-state index contributed by atoms with van der Waals surface area (Å²) in [5.41, 5.74) is 5.95. The second-order valence-corrected chi connectivity index (χ2v) is 7.71. The summed E-state index contributed by atoms with van der Waals surface area (Å²) in [7, 11) is 0. The van der Waals surface area contributed by atoms with E-state index < -0.39 is 0 Å². The molecule has 5 aromatic rings. The Labute approximate surface area is 177 Å². The lowest BCUT2D eigenvalue weighted by atomic mass is 10.2. The number of ketones is 1. The smallest absolute Gasteiger partial charge is 0.172 e. The first-order valence-electron chi connectivity index (χ1n) is 9.95. The van der Waals surface area contributed by atoms with E-state index in [9.17, 15) is 9.90 Å².